The summed E-state index contributed by atoms with van der Waals surface area (Å²) in [7, 11) is 0. The Labute approximate surface area is 127 Å². The van der Waals surface area contributed by atoms with E-state index in [9.17, 15) is 0 Å². The van der Waals surface area contributed by atoms with E-state index >= 15 is 0 Å². The zero-order chi connectivity index (χ0) is 15.0. The number of hydrogen-bond acceptors (Lipinski definition) is 2. The third kappa shape index (κ3) is 2.44. The SMILES string of the molecule is Cc1ccc(C(CN)N2c3ccccc3CC2C)c(C)c1. The summed E-state index contributed by atoms with van der Waals surface area (Å²) in [4.78, 5) is 2.51. The maximum atomic E-state index is 6.17. The Bertz CT molecular complexity index is 648. The lowest BCUT2D eigenvalue weighted by Gasteiger charge is -2.34. The fraction of sp³-hybridized carbons (Fsp3) is 0.368. The molecular formula is C19H24N2. The molecule has 2 unspecified atom stereocenters. The normalized spacial score (nSPS) is 18.7. The average molecular weight is 280 g/mol. The summed E-state index contributed by atoms with van der Waals surface area (Å²) in [6.07, 6.45) is 1.11. The highest BCUT2D eigenvalue weighted by atomic mass is 15.2. The fourth-order valence-electron chi connectivity index (χ4n) is 3.65. The summed E-state index contributed by atoms with van der Waals surface area (Å²) >= 11 is 0. The van der Waals surface area contributed by atoms with Gasteiger partial charge in [-0.05, 0) is 49.9 Å². The summed E-state index contributed by atoms with van der Waals surface area (Å²) in [5.41, 5.74) is 13.0. The van der Waals surface area contributed by atoms with Gasteiger partial charge in [-0.15, -0.1) is 0 Å². The molecule has 0 saturated heterocycles. The summed E-state index contributed by atoms with van der Waals surface area (Å²) in [6, 6.07) is 16.2. The van der Waals surface area contributed by atoms with Crippen LogP contribution in [-0.2, 0) is 6.42 Å². The monoisotopic (exact) mass is 280 g/mol. The van der Waals surface area contributed by atoms with Gasteiger partial charge in [-0.1, -0.05) is 42.0 Å². The summed E-state index contributed by atoms with van der Waals surface area (Å²) < 4.78 is 0. The number of rotatable bonds is 3. The molecule has 2 nitrogen and oxygen atoms in total. The molecule has 2 N–H and O–H groups in total. The van der Waals surface area contributed by atoms with Crippen LogP contribution in [0.25, 0.3) is 0 Å². The van der Waals surface area contributed by atoms with Gasteiger partial charge in [0.05, 0.1) is 6.04 Å². The molecule has 0 amide bonds. The molecule has 2 heteroatoms. The highest BCUT2D eigenvalue weighted by Gasteiger charge is 2.32. The molecule has 1 heterocycles. The predicted molar refractivity (Wildman–Crippen MR) is 89.8 cm³/mol. The fourth-order valence-corrected chi connectivity index (χ4v) is 3.65. The van der Waals surface area contributed by atoms with E-state index in [4.69, 9.17) is 5.73 Å². The van der Waals surface area contributed by atoms with Crippen LogP contribution in [-0.4, -0.2) is 12.6 Å². The second-order valence-electron chi connectivity index (χ2n) is 6.20. The van der Waals surface area contributed by atoms with E-state index in [1.807, 2.05) is 0 Å². The zero-order valence-corrected chi connectivity index (χ0v) is 13.1. The molecule has 110 valence electrons. The third-order valence-corrected chi connectivity index (χ3v) is 4.60. The molecule has 1 aliphatic heterocycles. The molecule has 3 rings (SSSR count). The largest absolute Gasteiger partial charge is 0.360 e. The Morgan fingerprint density at radius 1 is 1.19 bits per heavy atom. The predicted octanol–water partition coefficient (Wildman–Crippen LogP) is 3.75. The van der Waals surface area contributed by atoms with Crippen molar-refractivity contribution in [3.63, 3.8) is 0 Å². The van der Waals surface area contributed by atoms with Crippen molar-refractivity contribution in [1.29, 1.82) is 0 Å². The zero-order valence-electron chi connectivity index (χ0n) is 13.1. The summed E-state index contributed by atoms with van der Waals surface area (Å²) in [5.74, 6) is 0. The van der Waals surface area contributed by atoms with Gasteiger partial charge in [0.1, 0.15) is 0 Å². The first kappa shape index (κ1) is 14.2. The standard InChI is InChI=1S/C19H24N2/c1-13-8-9-17(14(2)10-13)19(12-20)21-15(3)11-16-6-4-5-7-18(16)21/h4-10,15,19H,11-12,20H2,1-3H3. The van der Waals surface area contributed by atoms with Gasteiger partial charge in [0.25, 0.3) is 0 Å². The van der Waals surface area contributed by atoms with Crippen molar-refractivity contribution < 1.29 is 0 Å². The molecule has 2 aromatic rings. The van der Waals surface area contributed by atoms with Crippen molar-refractivity contribution in [2.75, 3.05) is 11.4 Å². The molecule has 21 heavy (non-hydrogen) atoms. The molecule has 1 aliphatic rings. The molecule has 0 spiro atoms. The maximum absolute atomic E-state index is 6.17. The van der Waals surface area contributed by atoms with Gasteiger partial charge in [-0.25, -0.2) is 0 Å². The maximum Gasteiger partial charge on any atom is 0.0670 e. The third-order valence-electron chi connectivity index (χ3n) is 4.60. The van der Waals surface area contributed by atoms with Gasteiger partial charge in [0, 0.05) is 18.3 Å². The lowest BCUT2D eigenvalue weighted by Crippen LogP contribution is -2.38. The van der Waals surface area contributed by atoms with Crippen LogP contribution in [0.15, 0.2) is 42.5 Å². The van der Waals surface area contributed by atoms with Crippen LogP contribution < -0.4 is 10.6 Å². The van der Waals surface area contributed by atoms with Crippen LogP contribution in [0.3, 0.4) is 0 Å². The van der Waals surface area contributed by atoms with Gasteiger partial charge < -0.3 is 10.6 Å². The van der Waals surface area contributed by atoms with E-state index in [1.54, 1.807) is 0 Å². The number of nitrogens with two attached hydrogens (primary N) is 1. The Hall–Kier alpha value is -1.80. The number of hydrogen-bond donors (Lipinski definition) is 1. The summed E-state index contributed by atoms with van der Waals surface area (Å²) in [6.45, 7) is 7.27. The molecule has 0 radical (unpaired) electrons. The smallest absolute Gasteiger partial charge is 0.0670 e. The van der Waals surface area contributed by atoms with Crippen molar-refractivity contribution in [1.82, 2.24) is 0 Å². The van der Waals surface area contributed by atoms with Gasteiger partial charge in [0.15, 0.2) is 0 Å². The van der Waals surface area contributed by atoms with E-state index in [0.717, 1.165) is 6.42 Å². The number of anilines is 1. The van der Waals surface area contributed by atoms with Crippen LogP contribution >= 0.6 is 0 Å². The van der Waals surface area contributed by atoms with E-state index in [-0.39, 0.29) is 6.04 Å². The Morgan fingerprint density at radius 2 is 1.95 bits per heavy atom. The van der Waals surface area contributed by atoms with Crippen LogP contribution in [0, 0.1) is 13.8 Å². The number of benzene rings is 2. The Morgan fingerprint density at radius 3 is 2.67 bits per heavy atom. The van der Waals surface area contributed by atoms with Crippen LogP contribution in [0.4, 0.5) is 5.69 Å². The molecule has 0 aromatic heterocycles. The first-order valence-electron chi connectivity index (χ1n) is 7.75. The molecule has 2 aromatic carbocycles. The molecule has 0 aliphatic carbocycles. The highest BCUT2D eigenvalue weighted by Crippen LogP contribution is 2.38. The number of aryl methyl sites for hydroxylation is 2. The van der Waals surface area contributed by atoms with Gasteiger partial charge in [-0.3, -0.25) is 0 Å². The van der Waals surface area contributed by atoms with E-state index in [2.05, 4.69) is 68.1 Å². The highest BCUT2D eigenvalue weighted by molar-refractivity contribution is 5.61. The van der Waals surface area contributed by atoms with Crippen molar-refractivity contribution in [3.8, 4) is 0 Å². The Balaban J connectivity index is 2.04. The number of nitrogens with zero attached hydrogens (tertiary/aromatic N) is 1. The molecule has 0 bridgehead atoms. The van der Waals surface area contributed by atoms with E-state index in [0.29, 0.717) is 12.6 Å². The number of fused-ring (bicyclic) bond motifs is 1. The second kappa shape index (κ2) is 5.53. The lowest BCUT2D eigenvalue weighted by molar-refractivity contribution is 0.567. The molecule has 2 atom stereocenters. The second-order valence-corrected chi connectivity index (χ2v) is 6.20. The molecule has 0 fully saturated rings. The van der Waals surface area contributed by atoms with Gasteiger partial charge >= 0.3 is 0 Å². The van der Waals surface area contributed by atoms with Crippen LogP contribution in [0.1, 0.15) is 35.2 Å². The first-order chi connectivity index (χ1) is 10.1. The minimum atomic E-state index is 0.254. The Kier molecular flexibility index (Phi) is 3.73. The number of para-hydroxylation sites is 1. The van der Waals surface area contributed by atoms with Gasteiger partial charge in [0.2, 0.25) is 0 Å². The summed E-state index contributed by atoms with van der Waals surface area (Å²) in [5, 5.41) is 0. The molecular weight excluding hydrogens is 256 g/mol. The van der Waals surface area contributed by atoms with Crippen molar-refractivity contribution >= 4 is 5.69 Å². The van der Waals surface area contributed by atoms with Crippen molar-refractivity contribution in [2.45, 2.75) is 39.3 Å². The lowest BCUT2D eigenvalue weighted by atomic mass is 9.97. The topological polar surface area (TPSA) is 29.3 Å². The van der Waals surface area contributed by atoms with Crippen LogP contribution in [0.2, 0.25) is 0 Å². The first-order valence-corrected chi connectivity index (χ1v) is 7.75. The van der Waals surface area contributed by atoms with Crippen LogP contribution in [0.5, 0.6) is 0 Å². The molecule has 0 saturated carbocycles. The van der Waals surface area contributed by atoms with Crippen molar-refractivity contribution in [2.24, 2.45) is 5.73 Å². The van der Waals surface area contributed by atoms with Crippen molar-refractivity contribution in [3.05, 3.63) is 64.7 Å². The minimum absolute atomic E-state index is 0.254. The average Bonchev–Trinajstić information content (AvgIpc) is 2.78. The van der Waals surface area contributed by atoms with Gasteiger partial charge in [-0.2, -0.15) is 0 Å². The minimum Gasteiger partial charge on any atom is -0.360 e. The van der Waals surface area contributed by atoms with E-state index < -0.39 is 0 Å². The quantitative estimate of drug-likeness (QED) is 0.927. The van der Waals surface area contributed by atoms with E-state index in [1.165, 1.54) is 27.9 Å².